The van der Waals surface area contributed by atoms with Crippen molar-refractivity contribution < 1.29 is 19.1 Å². The van der Waals surface area contributed by atoms with E-state index < -0.39 is 0 Å². The van der Waals surface area contributed by atoms with E-state index in [-0.39, 0.29) is 24.4 Å². The van der Waals surface area contributed by atoms with E-state index in [9.17, 15) is 9.59 Å². The number of hydrogen-bond donors (Lipinski definition) is 2. The van der Waals surface area contributed by atoms with Gasteiger partial charge in [0.05, 0.1) is 20.3 Å². The molecule has 3 rings (SSSR count). The lowest BCUT2D eigenvalue weighted by atomic mass is 10.2. The summed E-state index contributed by atoms with van der Waals surface area (Å²) in [6.07, 6.45) is 0.261. The summed E-state index contributed by atoms with van der Waals surface area (Å²) < 4.78 is 10.3. The topological polar surface area (TPSA) is 79.9 Å². The normalized spacial score (nSPS) is 16.3. The van der Waals surface area contributed by atoms with Crippen molar-refractivity contribution in [1.29, 1.82) is 0 Å². The summed E-state index contributed by atoms with van der Waals surface area (Å²) in [5.74, 6) is 1.36. The number of carbonyl (C=O) groups is 2. The molecule has 2 N–H and O–H groups in total. The first-order valence-electron chi connectivity index (χ1n) is 8.25. The van der Waals surface area contributed by atoms with Crippen LogP contribution in [0.15, 0.2) is 48.5 Å². The van der Waals surface area contributed by atoms with Gasteiger partial charge in [-0.05, 0) is 36.4 Å². The van der Waals surface area contributed by atoms with Crippen LogP contribution in [-0.2, 0) is 4.79 Å². The maximum Gasteiger partial charge on any atom is 0.319 e. The SMILES string of the molecule is COc1ccc(N2C[C@H](NC(=O)Nc3cccc(OC)c3)CC2=O)cc1. The summed E-state index contributed by atoms with van der Waals surface area (Å²) >= 11 is 0. The van der Waals surface area contributed by atoms with Crippen LogP contribution >= 0.6 is 0 Å². The number of urea groups is 1. The summed E-state index contributed by atoms with van der Waals surface area (Å²) in [6.45, 7) is 0.427. The molecule has 1 atom stereocenters. The maximum atomic E-state index is 12.3. The van der Waals surface area contributed by atoms with Crippen molar-refractivity contribution in [2.45, 2.75) is 12.5 Å². The van der Waals surface area contributed by atoms with Gasteiger partial charge in [-0.1, -0.05) is 6.07 Å². The molecule has 1 heterocycles. The number of carbonyl (C=O) groups excluding carboxylic acids is 2. The Balaban J connectivity index is 1.58. The Morgan fingerprint density at radius 2 is 1.81 bits per heavy atom. The number of hydrogen-bond acceptors (Lipinski definition) is 4. The van der Waals surface area contributed by atoms with Gasteiger partial charge in [0.1, 0.15) is 11.5 Å². The number of ether oxygens (including phenoxy) is 2. The molecule has 3 amide bonds. The molecular formula is C19H21N3O4. The van der Waals surface area contributed by atoms with Crippen molar-refractivity contribution in [2.24, 2.45) is 0 Å². The number of methoxy groups -OCH3 is 2. The second-order valence-electron chi connectivity index (χ2n) is 5.93. The van der Waals surface area contributed by atoms with Gasteiger partial charge < -0.3 is 25.0 Å². The van der Waals surface area contributed by atoms with Crippen LogP contribution < -0.4 is 25.0 Å². The van der Waals surface area contributed by atoms with Crippen molar-refractivity contribution in [3.05, 3.63) is 48.5 Å². The molecule has 1 aliphatic heterocycles. The number of benzene rings is 2. The second-order valence-corrected chi connectivity index (χ2v) is 5.93. The monoisotopic (exact) mass is 355 g/mol. The van der Waals surface area contributed by atoms with Crippen LogP contribution in [-0.4, -0.2) is 38.7 Å². The van der Waals surface area contributed by atoms with E-state index >= 15 is 0 Å². The molecule has 26 heavy (non-hydrogen) atoms. The van der Waals surface area contributed by atoms with Crippen LogP contribution in [0.3, 0.4) is 0 Å². The first-order valence-corrected chi connectivity index (χ1v) is 8.25. The van der Waals surface area contributed by atoms with Crippen LogP contribution in [0.2, 0.25) is 0 Å². The lowest BCUT2D eigenvalue weighted by Crippen LogP contribution is -2.39. The summed E-state index contributed by atoms with van der Waals surface area (Å²) in [4.78, 5) is 26.1. The van der Waals surface area contributed by atoms with Gasteiger partial charge in [0, 0.05) is 30.4 Å². The Kier molecular flexibility index (Phi) is 5.26. The second kappa shape index (κ2) is 7.77. The Morgan fingerprint density at radius 1 is 1.08 bits per heavy atom. The Bertz CT molecular complexity index is 792. The van der Waals surface area contributed by atoms with Gasteiger partial charge in [-0.3, -0.25) is 4.79 Å². The fourth-order valence-corrected chi connectivity index (χ4v) is 2.87. The van der Waals surface area contributed by atoms with E-state index in [4.69, 9.17) is 9.47 Å². The number of nitrogens with zero attached hydrogens (tertiary/aromatic N) is 1. The molecular weight excluding hydrogens is 334 g/mol. The third-order valence-corrected chi connectivity index (χ3v) is 4.17. The van der Waals surface area contributed by atoms with E-state index in [0.29, 0.717) is 18.0 Å². The Hall–Kier alpha value is -3.22. The highest BCUT2D eigenvalue weighted by Gasteiger charge is 2.31. The molecule has 0 aromatic heterocycles. The summed E-state index contributed by atoms with van der Waals surface area (Å²) in [7, 11) is 3.16. The highest BCUT2D eigenvalue weighted by atomic mass is 16.5. The van der Waals surface area contributed by atoms with Crippen LogP contribution in [0.5, 0.6) is 11.5 Å². The fourth-order valence-electron chi connectivity index (χ4n) is 2.87. The van der Waals surface area contributed by atoms with Crippen LogP contribution in [0.1, 0.15) is 6.42 Å². The number of anilines is 2. The molecule has 2 aromatic carbocycles. The zero-order valence-corrected chi connectivity index (χ0v) is 14.7. The Labute approximate surface area is 151 Å². The van der Waals surface area contributed by atoms with Crippen molar-refractivity contribution >= 4 is 23.3 Å². The zero-order valence-electron chi connectivity index (χ0n) is 14.7. The first kappa shape index (κ1) is 17.6. The van der Waals surface area contributed by atoms with E-state index in [1.54, 1.807) is 55.5 Å². The van der Waals surface area contributed by atoms with Gasteiger partial charge in [-0.2, -0.15) is 0 Å². The average molecular weight is 355 g/mol. The van der Waals surface area contributed by atoms with Crippen molar-refractivity contribution in [1.82, 2.24) is 5.32 Å². The van der Waals surface area contributed by atoms with Crippen molar-refractivity contribution in [3.8, 4) is 11.5 Å². The largest absolute Gasteiger partial charge is 0.497 e. The smallest absolute Gasteiger partial charge is 0.319 e. The zero-order chi connectivity index (χ0) is 18.5. The van der Waals surface area contributed by atoms with E-state index in [2.05, 4.69) is 10.6 Å². The van der Waals surface area contributed by atoms with Gasteiger partial charge in [-0.25, -0.2) is 4.79 Å². The first-order chi connectivity index (χ1) is 12.6. The van der Waals surface area contributed by atoms with E-state index in [1.165, 1.54) is 0 Å². The highest BCUT2D eigenvalue weighted by Crippen LogP contribution is 2.24. The standard InChI is InChI=1S/C19H21N3O4/c1-25-16-8-6-15(7-9-16)22-12-14(11-18(22)23)21-19(24)20-13-4-3-5-17(10-13)26-2/h3-10,14H,11-12H2,1-2H3,(H2,20,21,24)/t14-/m1/s1. The molecule has 1 fully saturated rings. The number of nitrogens with one attached hydrogen (secondary N) is 2. The van der Waals surface area contributed by atoms with Crippen molar-refractivity contribution in [3.63, 3.8) is 0 Å². The minimum atomic E-state index is -0.354. The summed E-state index contributed by atoms with van der Waals surface area (Å²) in [6, 6.07) is 13.7. The molecule has 7 nitrogen and oxygen atoms in total. The minimum absolute atomic E-state index is 0.0261. The predicted octanol–water partition coefficient (Wildman–Crippen LogP) is 2.63. The van der Waals surface area contributed by atoms with Crippen molar-refractivity contribution in [2.75, 3.05) is 31.0 Å². The summed E-state index contributed by atoms with van der Waals surface area (Å²) in [5.41, 5.74) is 1.41. The van der Waals surface area contributed by atoms with Gasteiger partial charge in [0.2, 0.25) is 5.91 Å². The third-order valence-electron chi connectivity index (χ3n) is 4.17. The van der Waals surface area contributed by atoms with E-state index in [0.717, 1.165) is 11.4 Å². The van der Waals surface area contributed by atoms with Gasteiger partial charge in [0.15, 0.2) is 0 Å². The molecule has 2 aromatic rings. The number of amides is 3. The quantitative estimate of drug-likeness (QED) is 0.864. The average Bonchev–Trinajstić information content (AvgIpc) is 3.01. The molecule has 0 unspecified atom stereocenters. The third kappa shape index (κ3) is 4.05. The molecule has 0 saturated carbocycles. The maximum absolute atomic E-state index is 12.3. The minimum Gasteiger partial charge on any atom is -0.497 e. The molecule has 0 aliphatic carbocycles. The molecule has 136 valence electrons. The molecule has 0 radical (unpaired) electrons. The van der Waals surface area contributed by atoms with E-state index in [1.807, 2.05) is 12.1 Å². The fraction of sp³-hybridized carbons (Fsp3) is 0.263. The molecule has 7 heteroatoms. The van der Waals surface area contributed by atoms with Crippen LogP contribution in [0.4, 0.5) is 16.2 Å². The molecule has 1 saturated heterocycles. The highest BCUT2D eigenvalue weighted by molar-refractivity contribution is 5.97. The van der Waals surface area contributed by atoms with Gasteiger partial charge in [-0.15, -0.1) is 0 Å². The molecule has 0 bridgehead atoms. The predicted molar refractivity (Wildman–Crippen MR) is 98.9 cm³/mol. The van der Waals surface area contributed by atoms with Crippen LogP contribution in [0, 0.1) is 0 Å². The Morgan fingerprint density at radius 3 is 2.50 bits per heavy atom. The molecule has 0 spiro atoms. The van der Waals surface area contributed by atoms with Gasteiger partial charge in [0.25, 0.3) is 0 Å². The number of rotatable bonds is 5. The van der Waals surface area contributed by atoms with Gasteiger partial charge >= 0.3 is 6.03 Å². The summed E-state index contributed by atoms with van der Waals surface area (Å²) in [5, 5.41) is 5.59. The van der Waals surface area contributed by atoms with Crippen LogP contribution in [0.25, 0.3) is 0 Å². The lowest BCUT2D eigenvalue weighted by Gasteiger charge is -2.18. The lowest BCUT2D eigenvalue weighted by molar-refractivity contribution is -0.117. The molecule has 1 aliphatic rings.